The Balaban J connectivity index is 2.22. The second-order valence-corrected chi connectivity index (χ2v) is 4.48. The predicted octanol–water partition coefficient (Wildman–Crippen LogP) is 2.41. The van der Waals surface area contributed by atoms with Gasteiger partial charge in [-0.25, -0.2) is 0 Å². The summed E-state index contributed by atoms with van der Waals surface area (Å²) in [5.74, 6) is 0.929. The van der Waals surface area contributed by atoms with E-state index in [1.54, 1.807) is 7.11 Å². The maximum atomic E-state index is 5.66. The molecule has 0 spiro atoms. The maximum Gasteiger partial charge on any atom is 0.119 e. The van der Waals surface area contributed by atoms with Crippen LogP contribution >= 0.6 is 15.9 Å². The second-order valence-electron chi connectivity index (χ2n) is 3.68. The summed E-state index contributed by atoms with van der Waals surface area (Å²) in [6, 6.07) is 9.91. The second kappa shape index (κ2) is 9.45. The Hall–Kier alpha value is -0.580. The Kier molecular flexibility index (Phi) is 8.05. The van der Waals surface area contributed by atoms with Crippen molar-refractivity contribution in [1.82, 2.24) is 4.90 Å². The molecule has 3 nitrogen and oxygen atoms in total. The molecule has 0 aliphatic heterocycles. The molecule has 0 heterocycles. The molecule has 0 unspecified atom stereocenters. The van der Waals surface area contributed by atoms with Crippen molar-refractivity contribution < 1.29 is 9.47 Å². The fraction of sp³-hybridized carbons (Fsp3) is 0.538. The Morgan fingerprint density at radius 2 is 1.76 bits per heavy atom. The molecule has 0 aliphatic carbocycles. The molecule has 0 saturated heterocycles. The van der Waals surface area contributed by atoms with Crippen molar-refractivity contribution in [2.45, 2.75) is 0 Å². The van der Waals surface area contributed by atoms with E-state index in [0.29, 0.717) is 6.61 Å². The van der Waals surface area contributed by atoms with Crippen LogP contribution in [0.25, 0.3) is 0 Å². The molecule has 0 saturated carbocycles. The molecule has 0 aromatic heterocycles. The van der Waals surface area contributed by atoms with Crippen molar-refractivity contribution in [2.75, 3.05) is 45.3 Å². The summed E-state index contributed by atoms with van der Waals surface area (Å²) in [5, 5.41) is 0.974. The van der Waals surface area contributed by atoms with E-state index in [1.807, 2.05) is 30.3 Å². The van der Waals surface area contributed by atoms with E-state index in [2.05, 4.69) is 20.8 Å². The molecule has 0 atom stereocenters. The SMILES string of the molecule is COCCN(CCBr)CCOc1ccccc1. The molecular weight excluding hydrogens is 282 g/mol. The smallest absolute Gasteiger partial charge is 0.119 e. The van der Waals surface area contributed by atoms with Gasteiger partial charge in [0.2, 0.25) is 0 Å². The Morgan fingerprint density at radius 1 is 1.06 bits per heavy atom. The first-order valence-corrected chi connectivity index (χ1v) is 6.94. The lowest BCUT2D eigenvalue weighted by molar-refractivity contribution is 0.139. The first-order valence-electron chi connectivity index (χ1n) is 5.82. The number of ether oxygens (including phenoxy) is 2. The van der Waals surface area contributed by atoms with Gasteiger partial charge in [-0.3, -0.25) is 4.90 Å². The van der Waals surface area contributed by atoms with Crippen LogP contribution in [0.15, 0.2) is 30.3 Å². The van der Waals surface area contributed by atoms with Crippen molar-refractivity contribution in [3.8, 4) is 5.75 Å². The fourth-order valence-corrected chi connectivity index (χ4v) is 1.99. The number of benzene rings is 1. The lowest BCUT2D eigenvalue weighted by Crippen LogP contribution is -2.33. The highest BCUT2D eigenvalue weighted by molar-refractivity contribution is 9.09. The van der Waals surface area contributed by atoms with Gasteiger partial charge in [-0.05, 0) is 12.1 Å². The number of para-hydroxylation sites is 1. The van der Waals surface area contributed by atoms with Gasteiger partial charge in [0.15, 0.2) is 0 Å². The topological polar surface area (TPSA) is 21.7 Å². The van der Waals surface area contributed by atoms with E-state index in [4.69, 9.17) is 9.47 Å². The summed E-state index contributed by atoms with van der Waals surface area (Å²) in [5.41, 5.74) is 0. The molecule has 0 amide bonds. The lowest BCUT2D eigenvalue weighted by Gasteiger charge is -2.20. The quantitative estimate of drug-likeness (QED) is 0.654. The normalized spacial score (nSPS) is 10.8. The highest BCUT2D eigenvalue weighted by Crippen LogP contribution is 2.07. The molecule has 4 heteroatoms. The first kappa shape index (κ1) is 14.5. The zero-order valence-electron chi connectivity index (χ0n) is 10.3. The average Bonchev–Trinajstić information content (AvgIpc) is 2.37. The highest BCUT2D eigenvalue weighted by Gasteiger charge is 2.03. The Bertz CT molecular complexity index is 282. The van der Waals surface area contributed by atoms with Crippen molar-refractivity contribution in [3.05, 3.63) is 30.3 Å². The minimum Gasteiger partial charge on any atom is -0.492 e. The molecule has 1 rings (SSSR count). The molecular formula is C13H20BrNO2. The molecule has 1 aromatic rings. The van der Waals surface area contributed by atoms with E-state index in [-0.39, 0.29) is 0 Å². The summed E-state index contributed by atoms with van der Waals surface area (Å²) in [6.07, 6.45) is 0. The molecule has 0 bridgehead atoms. The van der Waals surface area contributed by atoms with E-state index in [9.17, 15) is 0 Å². The van der Waals surface area contributed by atoms with Gasteiger partial charge in [0.25, 0.3) is 0 Å². The number of rotatable bonds is 9. The van der Waals surface area contributed by atoms with Crippen LogP contribution in [0.5, 0.6) is 5.75 Å². The summed E-state index contributed by atoms with van der Waals surface area (Å²) < 4.78 is 10.8. The van der Waals surface area contributed by atoms with E-state index in [1.165, 1.54) is 0 Å². The van der Waals surface area contributed by atoms with Gasteiger partial charge in [-0.2, -0.15) is 0 Å². The fourth-order valence-electron chi connectivity index (χ4n) is 1.48. The zero-order chi connectivity index (χ0) is 12.3. The van der Waals surface area contributed by atoms with E-state index < -0.39 is 0 Å². The Morgan fingerprint density at radius 3 is 2.41 bits per heavy atom. The lowest BCUT2D eigenvalue weighted by atomic mass is 10.3. The van der Waals surface area contributed by atoms with Crippen molar-refractivity contribution in [1.29, 1.82) is 0 Å². The van der Waals surface area contributed by atoms with Crippen molar-refractivity contribution in [3.63, 3.8) is 0 Å². The third kappa shape index (κ3) is 6.66. The van der Waals surface area contributed by atoms with Gasteiger partial charge >= 0.3 is 0 Å². The van der Waals surface area contributed by atoms with Crippen molar-refractivity contribution >= 4 is 15.9 Å². The van der Waals surface area contributed by atoms with Crippen molar-refractivity contribution in [2.24, 2.45) is 0 Å². The Labute approximate surface area is 112 Å². The van der Waals surface area contributed by atoms with E-state index in [0.717, 1.165) is 37.3 Å². The minimum absolute atomic E-state index is 0.709. The van der Waals surface area contributed by atoms with Crippen LogP contribution < -0.4 is 4.74 Å². The van der Waals surface area contributed by atoms with Gasteiger partial charge in [0, 0.05) is 32.1 Å². The van der Waals surface area contributed by atoms with Crippen LogP contribution in [0.2, 0.25) is 0 Å². The van der Waals surface area contributed by atoms with Gasteiger partial charge in [-0.1, -0.05) is 34.1 Å². The number of alkyl halides is 1. The highest BCUT2D eigenvalue weighted by atomic mass is 79.9. The van der Waals surface area contributed by atoms with Crippen LogP contribution in [-0.2, 0) is 4.74 Å². The monoisotopic (exact) mass is 301 g/mol. The average molecular weight is 302 g/mol. The predicted molar refractivity (Wildman–Crippen MR) is 74.0 cm³/mol. The standard InChI is InChI=1S/C13H20BrNO2/c1-16-11-9-15(8-7-14)10-12-17-13-5-3-2-4-6-13/h2-6H,7-12H2,1H3. The molecule has 0 radical (unpaired) electrons. The number of hydrogen-bond acceptors (Lipinski definition) is 3. The van der Waals surface area contributed by atoms with Gasteiger partial charge in [-0.15, -0.1) is 0 Å². The van der Waals surface area contributed by atoms with Crippen LogP contribution in [0, 0.1) is 0 Å². The first-order chi connectivity index (χ1) is 8.36. The number of halogens is 1. The molecule has 0 fully saturated rings. The molecule has 1 aromatic carbocycles. The number of methoxy groups -OCH3 is 1. The maximum absolute atomic E-state index is 5.66. The van der Waals surface area contributed by atoms with Crippen LogP contribution in [0.4, 0.5) is 0 Å². The van der Waals surface area contributed by atoms with Gasteiger partial charge < -0.3 is 9.47 Å². The van der Waals surface area contributed by atoms with Gasteiger partial charge in [0.1, 0.15) is 12.4 Å². The van der Waals surface area contributed by atoms with Gasteiger partial charge in [0.05, 0.1) is 6.61 Å². The van der Waals surface area contributed by atoms with E-state index >= 15 is 0 Å². The summed E-state index contributed by atoms with van der Waals surface area (Å²) in [4.78, 5) is 2.32. The molecule has 17 heavy (non-hydrogen) atoms. The van der Waals surface area contributed by atoms with Crippen LogP contribution in [-0.4, -0.2) is 50.2 Å². The third-order valence-corrected chi connectivity index (χ3v) is 2.79. The molecule has 0 aliphatic rings. The zero-order valence-corrected chi connectivity index (χ0v) is 11.9. The molecule has 96 valence electrons. The number of nitrogens with zero attached hydrogens (tertiary/aromatic N) is 1. The summed E-state index contributed by atoms with van der Waals surface area (Å²) in [7, 11) is 1.73. The largest absolute Gasteiger partial charge is 0.492 e. The third-order valence-electron chi connectivity index (χ3n) is 2.43. The minimum atomic E-state index is 0.709. The summed E-state index contributed by atoms with van der Waals surface area (Å²) >= 11 is 3.46. The summed E-state index contributed by atoms with van der Waals surface area (Å²) in [6.45, 7) is 4.35. The molecule has 0 N–H and O–H groups in total. The number of hydrogen-bond donors (Lipinski definition) is 0. The van der Waals surface area contributed by atoms with Crippen LogP contribution in [0.3, 0.4) is 0 Å². The van der Waals surface area contributed by atoms with Crippen LogP contribution in [0.1, 0.15) is 0 Å².